The Morgan fingerprint density at radius 3 is 2.76 bits per heavy atom. The fourth-order valence-electron chi connectivity index (χ4n) is 1.83. The number of hydrogen-bond acceptors (Lipinski definition) is 3. The predicted molar refractivity (Wildman–Crippen MR) is 70.5 cm³/mol. The number of nitrogens with one attached hydrogen (secondary N) is 1. The molecule has 0 radical (unpaired) electrons. The summed E-state index contributed by atoms with van der Waals surface area (Å²) >= 11 is 0. The van der Waals surface area contributed by atoms with Gasteiger partial charge in [0.15, 0.2) is 0 Å². The largest absolute Gasteiger partial charge is 0.465 e. The fraction of sp³-hybridized carbons (Fsp3) is 0.500. The van der Waals surface area contributed by atoms with Gasteiger partial charge in [0.05, 0.1) is 12.7 Å². The van der Waals surface area contributed by atoms with Gasteiger partial charge in [-0.25, -0.2) is 4.79 Å². The summed E-state index contributed by atoms with van der Waals surface area (Å²) in [7, 11) is 1.41. The van der Waals surface area contributed by atoms with Gasteiger partial charge in [0.1, 0.15) is 0 Å². The van der Waals surface area contributed by atoms with Crippen LogP contribution in [0.1, 0.15) is 42.6 Å². The molecule has 0 aliphatic rings. The number of carbonyl (C=O) groups is 1. The van der Waals surface area contributed by atoms with E-state index >= 15 is 0 Å². The van der Waals surface area contributed by atoms with Crippen molar-refractivity contribution in [3.8, 4) is 0 Å². The van der Waals surface area contributed by atoms with Gasteiger partial charge in [-0.15, -0.1) is 0 Å². The van der Waals surface area contributed by atoms with Gasteiger partial charge >= 0.3 is 5.97 Å². The van der Waals surface area contributed by atoms with Gasteiger partial charge in [-0.05, 0) is 32.4 Å². The summed E-state index contributed by atoms with van der Waals surface area (Å²) in [5, 5.41) is 3.35. The Labute approximate surface area is 103 Å². The van der Waals surface area contributed by atoms with Crippen molar-refractivity contribution in [3.63, 3.8) is 0 Å². The van der Waals surface area contributed by atoms with Crippen molar-refractivity contribution in [2.45, 2.75) is 39.7 Å². The van der Waals surface area contributed by atoms with Crippen molar-refractivity contribution in [2.24, 2.45) is 0 Å². The van der Waals surface area contributed by atoms with Crippen LogP contribution < -0.4 is 5.32 Å². The Balaban J connectivity index is 2.94. The van der Waals surface area contributed by atoms with Gasteiger partial charge in [-0.2, -0.15) is 0 Å². The number of carbonyl (C=O) groups excluding carboxylic acids is 1. The second-order valence-electron chi connectivity index (χ2n) is 4.37. The van der Waals surface area contributed by atoms with Crippen LogP contribution in [0.15, 0.2) is 18.2 Å². The average molecular weight is 235 g/mol. The van der Waals surface area contributed by atoms with Gasteiger partial charge in [-0.1, -0.05) is 25.0 Å². The van der Waals surface area contributed by atoms with Crippen molar-refractivity contribution in [1.82, 2.24) is 0 Å². The first-order chi connectivity index (χ1) is 8.08. The van der Waals surface area contributed by atoms with E-state index in [0.717, 1.165) is 24.1 Å². The Bertz CT molecular complexity index is 388. The molecular formula is C14H21NO2. The van der Waals surface area contributed by atoms with Crippen LogP contribution in [0.3, 0.4) is 0 Å². The van der Waals surface area contributed by atoms with Crippen LogP contribution >= 0.6 is 0 Å². The normalized spacial score (nSPS) is 12.0. The van der Waals surface area contributed by atoms with Crippen LogP contribution in [0.4, 0.5) is 5.69 Å². The summed E-state index contributed by atoms with van der Waals surface area (Å²) in [5.41, 5.74) is 2.51. The van der Waals surface area contributed by atoms with Crippen LogP contribution in [-0.2, 0) is 4.74 Å². The fourth-order valence-corrected chi connectivity index (χ4v) is 1.83. The molecule has 1 aromatic carbocycles. The predicted octanol–water partition coefficient (Wildman–Crippen LogP) is 3.38. The Hall–Kier alpha value is -1.51. The first-order valence-corrected chi connectivity index (χ1v) is 6.04. The molecule has 0 aliphatic heterocycles. The lowest BCUT2D eigenvalue weighted by atomic mass is 10.1. The van der Waals surface area contributed by atoms with Crippen LogP contribution in [-0.4, -0.2) is 19.1 Å². The summed E-state index contributed by atoms with van der Waals surface area (Å²) in [6, 6.07) is 6.14. The smallest absolute Gasteiger partial charge is 0.339 e. The summed E-state index contributed by atoms with van der Waals surface area (Å²) in [6.45, 7) is 6.23. The zero-order valence-corrected chi connectivity index (χ0v) is 11.0. The van der Waals surface area contributed by atoms with Crippen molar-refractivity contribution in [1.29, 1.82) is 0 Å². The lowest BCUT2D eigenvalue weighted by Crippen LogP contribution is -2.17. The molecule has 1 N–H and O–H groups in total. The maximum absolute atomic E-state index is 11.7. The zero-order valence-electron chi connectivity index (χ0n) is 11.0. The quantitative estimate of drug-likeness (QED) is 0.795. The van der Waals surface area contributed by atoms with E-state index in [0.29, 0.717) is 11.6 Å². The van der Waals surface area contributed by atoms with Gasteiger partial charge in [-0.3, -0.25) is 0 Å². The van der Waals surface area contributed by atoms with Gasteiger partial charge in [0.25, 0.3) is 0 Å². The summed E-state index contributed by atoms with van der Waals surface area (Å²) < 4.78 is 4.79. The van der Waals surface area contributed by atoms with Crippen LogP contribution in [0.25, 0.3) is 0 Å². The van der Waals surface area contributed by atoms with E-state index in [1.165, 1.54) is 7.11 Å². The summed E-state index contributed by atoms with van der Waals surface area (Å²) in [4.78, 5) is 11.7. The first kappa shape index (κ1) is 13.6. The van der Waals surface area contributed by atoms with Crippen LogP contribution in [0.2, 0.25) is 0 Å². The molecule has 1 aromatic rings. The molecular weight excluding hydrogens is 214 g/mol. The van der Waals surface area contributed by atoms with Crippen molar-refractivity contribution < 1.29 is 9.53 Å². The monoisotopic (exact) mass is 235 g/mol. The second kappa shape index (κ2) is 6.28. The first-order valence-electron chi connectivity index (χ1n) is 6.04. The van der Waals surface area contributed by atoms with Gasteiger partial charge in [0, 0.05) is 11.7 Å². The number of anilines is 1. The molecule has 0 spiro atoms. The number of aryl methyl sites for hydroxylation is 1. The molecule has 3 heteroatoms. The van der Waals surface area contributed by atoms with Gasteiger partial charge in [0.2, 0.25) is 0 Å². The molecule has 1 rings (SSSR count). The number of hydrogen-bond donors (Lipinski definition) is 1. The number of methoxy groups -OCH3 is 1. The molecule has 1 atom stereocenters. The number of rotatable bonds is 5. The lowest BCUT2D eigenvalue weighted by molar-refractivity contribution is 0.0601. The number of benzene rings is 1. The van der Waals surface area contributed by atoms with Gasteiger partial charge < -0.3 is 10.1 Å². The zero-order chi connectivity index (χ0) is 12.8. The third-order valence-corrected chi connectivity index (χ3v) is 2.70. The standard InChI is InChI=1S/C14H21NO2/c1-5-6-11(3)15-13-8-7-10(2)9-12(13)14(16)17-4/h7-9,11,15H,5-6H2,1-4H3. The Morgan fingerprint density at radius 2 is 2.18 bits per heavy atom. The molecule has 94 valence electrons. The SMILES string of the molecule is CCCC(C)Nc1ccc(C)cc1C(=O)OC. The van der Waals surface area contributed by atoms with E-state index in [-0.39, 0.29) is 5.97 Å². The molecule has 0 amide bonds. The molecule has 0 aromatic heterocycles. The topological polar surface area (TPSA) is 38.3 Å². The van der Waals surface area contributed by atoms with E-state index in [1.807, 2.05) is 25.1 Å². The van der Waals surface area contributed by atoms with Crippen molar-refractivity contribution >= 4 is 11.7 Å². The highest BCUT2D eigenvalue weighted by Gasteiger charge is 2.13. The molecule has 0 heterocycles. The number of esters is 1. The maximum atomic E-state index is 11.7. The highest BCUT2D eigenvalue weighted by molar-refractivity contribution is 5.95. The minimum atomic E-state index is -0.292. The molecule has 0 saturated heterocycles. The molecule has 17 heavy (non-hydrogen) atoms. The average Bonchev–Trinajstić information content (AvgIpc) is 2.30. The van der Waals surface area contributed by atoms with E-state index < -0.39 is 0 Å². The second-order valence-corrected chi connectivity index (χ2v) is 4.37. The summed E-state index contributed by atoms with van der Waals surface area (Å²) in [5.74, 6) is -0.292. The third-order valence-electron chi connectivity index (χ3n) is 2.70. The highest BCUT2D eigenvalue weighted by Crippen LogP contribution is 2.20. The molecule has 1 unspecified atom stereocenters. The van der Waals surface area contributed by atoms with E-state index in [1.54, 1.807) is 0 Å². The molecule has 0 fully saturated rings. The summed E-state index contributed by atoms with van der Waals surface area (Å²) in [6.07, 6.45) is 2.20. The maximum Gasteiger partial charge on any atom is 0.339 e. The highest BCUT2D eigenvalue weighted by atomic mass is 16.5. The van der Waals surface area contributed by atoms with Crippen LogP contribution in [0.5, 0.6) is 0 Å². The Kier molecular flexibility index (Phi) is 5.01. The van der Waals surface area contributed by atoms with Crippen LogP contribution in [0, 0.1) is 6.92 Å². The van der Waals surface area contributed by atoms with Crippen molar-refractivity contribution in [3.05, 3.63) is 29.3 Å². The van der Waals surface area contributed by atoms with E-state index in [4.69, 9.17) is 4.74 Å². The Morgan fingerprint density at radius 1 is 1.47 bits per heavy atom. The molecule has 3 nitrogen and oxygen atoms in total. The molecule has 0 bridgehead atoms. The third kappa shape index (κ3) is 3.77. The van der Waals surface area contributed by atoms with E-state index in [2.05, 4.69) is 19.2 Å². The molecule has 0 aliphatic carbocycles. The minimum Gasteiger partial charge on any atom is -0.465 e. The minimum absolute atomic E-state index is 0.292. The van der Waals surface area contributed by atoms with E-state index in [9.17, 15) is 4.79 Å². The lowest BCUT2D eigenvalue weighted by Gasteiger charge is -2.17. The number of ether oxygens (including phenoxy) is 1. The molecule has 0 saturated carbocycles. The van der Waals surface area contributed by atoms with Crippen molar-refractivity contribution in [2.75, 3.05) is 12.4 Å².